The Labute approximate surface area is 86.3 Å². The summed E-state index contributed by atoms with van der Waals surface area (Å²) >= 11 is 0. The summed E-state index contributed by atoms with van der Waals surface area (Å²) < 4.78 is 0. The molecule has 14 heavy (non-hydrogen) atoms. The number of rotatable bonds is 5. The van der Waals surface area contributed by atoms with Gasteiger partial charge in [0.2, 0.25) is 0 Å². The van der Waals surface area contributed by atoms with Crippen molar-refractivity contribution in [1.29, 1.82) is 0 Å². The molecule has 1 aromatic rings. The Bertz CT molecular complexity index is 252. The van der Waals surface area contributed by atoms with Gasteiger partial charge in [-0.2, -0.15) is 0 Å². The molecule has 1 rings (SSSR count). The zero-order valence-electron chi connectivity index (χ0n) is 8.87. The molecule has 78 valence electrons. The van der Waals surface area contributed by atoms with Crippen LogP contribution in [0.25, 0.3) is 0 Å². The Morgan fingerprint density at radius 1 is 1.07 bits per heavy atom. The molecule has 0 aliphatic rings. The molecule has 2 heteroatoms. The van der Waals surface area contributed by atoms with Crippen LogP contribution in [-0.4, -0.2) is 13.1 Å². The van der Waals surface area contributed by atoms with Crippen molar-refractivity contribution in [2.24, 2.45) is 11.5 Å². The van der Waals surface area contributed by atoms with E-state index in [4.69, 9.17) is 11.5 Å². The van der Waals surface area contributed by atoms with Crippen molar-refractivity contribution in [2.75, 3.05) is 13.1 Å². The third-order valence-corrected chi connectivity index (χ3v) is 2.90. The predicted molar refractivity (Wildman–Crippen MR) is 61.1 cm³/mol. The van der Waals surface area contributed by atoms with Crippen LogP contribution in [0.4, 0.5) is 0 Å². The standard InChI is InChI=1S/C12H20N2/c1-2-8-12(9-13,10-14)11-6-4-3-5-7-11/h3-7H,2,8-10,13-14H2,1H3. The molecule has 0 aliphatic heterocycles. The van der Waals surface area contributed by atoms with E-state index < -0.39 is 0 Å². The molecule has 2 nitrogen and oxygen atoms in total. The van der Waals surface area contributed by atoms with Gasteiger partial charge < -0.3 is 11.5 Å². The quantitative estimate of drug-likeness (QED) is 0.745. The van der Waals surface area contributed by atoms with Crippen molar-refractivity contribution < 1.29 is 0 Å². The van der Waals surface area contributed by atoms with Gasteiger partial charge >= 0.3 is 0 Å². The van der Waals surface area contributed by atoms with E-state index in [1.54, 1.807) is 0 Å². The smallest absolute Gasteiger partial charge is 0.0198 e. The van der Waals surface area contributed by atoms with Gasteiger partial charge in [0.05, 0.1) is 0 Å². The molecular formula is C12H20N2. The first-order valence-corrected chi connectivity index (χ1v) is 5.24. The molecule has 0 atom stereocenters. The van der Waals surface area contributed by atoms with E-state index in [1.165, 1.54) is 5.56 Å². The second-order valence-electron chi connectivity index (χ2n) is 3.80. The Morgan fingerprint density at radius 2 is 1.64 bits per heavy atom. The van der Waals surface area contributed by atoms with Gasteiger partial charge in [-0.15, -0.1) is 0 Å². The highest BCUT2D eigenvalue weighted by atomic mass is 14.7. The van der Waals surface area contributed by atoms with Gasteiger partial charge in [-0.05, 0) is 12.0 Å². The molecule has 0 fully saturated rings. The lowest BCUT2D eigenvalue weighted by molar-refractivity contribution is 0.409. The topological polar surface area (TPSA) is 52.0 Å². The molecule has 0 unspecified atom stereocenters. The lowest BCUT2D eigenvalue weighted by Gasteiger charge is -2.31. The van der Waals surface area contributed by atoms with Crippen molar-refractivity contribution in [2.45, 2.75) is 25.2 Å². The molecule has 0 bridgehead atoms. The number of nitrogens with two attached hydrogens (primary N) is 2. The lowest BCUT2D eigenvalue weighted by atomic mass is 9.77. The molecule has 0 saturated heterocycles. The van der Waals surface area contributed by atoms with Crippen LogP contribution in [0, 0.1) is 0 Å². The van der Waals surface area contributed by atoms with Gasteiger partial charge in [-0.1, -0.05) is 43.7 Å². The van der Waals surface area contributed by atoms with Crippen LogP contribution in [0.1, 0.15) is 25.3 Å². The minimum Gasteiger partial charge on any atom is -0.330 e. The van der Waals surface area contributed by atoms with Crippen molar-refractivity contribution in [1.82, 2.24) is 0 Å². The zero-order chi connectivity index (χ0) is 10.4. The molecule has 4 N–H and O–H groups in total. The van der Waals surface area contributed by atoms with E-state index in [2.05, 4.69) is 19.1 Å². The molecule has 0 spiro atoms. The number of hydrogen-bond donors (Lipinski definition) is 2. The highest BCUT2D eigenvalue weighted by molar-refractivity contribution is 5.26. The van der Waals surface area contributed by atoms with Gasteiger partial charge in [0, 0.05) is 18.5 Å². The molecule has 0 amide bonds. The maximum atomic E-state index is 5.86. The first-order chi connectivity index (χ1) is 6.79. The van der Waals surface area contributed by atoms with Gasteiger partial charge in [-0.3, -0.25) is 0 Å². The minimum atomic E-state index is -0.0178. The summed E-state index contributed by atoms with van der Waals surface area (Å²) in [5.74, 6) is 0. The van der Waals surface area contributed by atoms with E-state index in [1.807, 2.05) is 18.2 Å². The van der Waals surface area contributed by atoms with Gasteiger partial charge in [0.15, 0.2) is 0 Å². The Kier molecular flexibility index (Phi) is 4.11. The fraction of sp³-hybridized carbons (Fsp3) is 0.500. The van der Waals surface area contributed by atoms with E-state index >= 15 is 0 Å². The van der Waals surface area contributed by atoms with Gasteiger partial charge in [-0.25, -0.2) is 0 Å². The summed E-state index contributed by atoms with van der Waals surface area (Å²) in [5, 5.41) is 0. The molecule has 1 aromatic carbocycles. The van der Waals surface area contributed by atoms with Crippen molar-refractivity contribution >= 4 is 0 Å². The largest absolute Gasteiger partial charge is 0.330 e. The van der Waals surface area contributed by atoms with E-state index in [0.717, 1.165) is 12.8 Å². The first kappa shape index (κ1) is 11.2. The number of benzene rings is 1. The SMILES string of the molecule is CCCC(CN)(CN)c1ccccc1. The fourth-order valence-corrected chi connectivity index (χ4v) is 1.94. The minimum absolute atomic E-state index is 0.0178. The van der Waals surface area contributed by atoms with E-state index in [-0.39, 0.29) is 5.41 Å². The average molecular weight is 192 g/mol. The normalized spacial score (nSPS) is 11.6. The number of hydrogen-bond acceptors (Lipinski definition) is 2. The van der Waals surface area contributed by atoms with Gasteiger partial charge in [0.1, 0.15) is 0 Å². The molecule has 0 heterocycles. The summed E-state index contributed by atoms with van der Waals surface area (Å²) in [6, 6.07) is 10.4. The van der Waals surface area contributed by atoms with Crippen LogP contribution in [0.2, 0.25) is 0 Å². The fourth-order valence-electron chi connectivity index (χ4n) is 1.94. The maximum Gasteiger partial charge on any atom is 0.0198 e. The van der Waals surface area contributed by atoms with Crippen LogP contribution in [0.15, 0.2) is 30.3 Å². The highest BCUT2D eigenvalue weighted by Gasteiger charge is 2.27. The Balaban J connectivity index is 2.98. The average Bonchev–Trinajstić information content (AvgIpc) is 2.27. The van der Waals surface area contributed by atoms with Crippen LogP contribution in [0.3, 0.4) is 0 Å². The van der Waals surface area contributed by atoms with Crippen LogP contribution < -0.4 is 11.5 Å². The molecular weight excluding hydrogens is 172 g/mol. The third-order valence-electron chi connectivity index (χ3n) is 2.90. The summed E-state index contributed by atoms with van der Waals surface area (Å²) in [4.78, 5) is 0. The second kappa shape index (κ2) is 5.13. The van der Waals surface area contributed by atoms with Crippen LogP contribution in [0.5, 0.6) is 0 Å². The molecule has 0 saturated carbocycles. The van der Waals surface area contributed by atoms with Crippen molar-refractivity contribution in [3.8, 4) is 0 Å². The Hall–Kier alpha value is -0.860. The second-order valence-corrected chi connectivity index (χ2v) is 3.80. The third kappa shape index (κ3) is 2.14. The maximum absolute atomic E-state index is 5.86. The summed E-state index contributed by atoms with van der Waals surface area (Å²) in [7, 11) is 0. The summed E-state index contributed by atoms with van der Waals surface area (Å²) in [5.41, 5.74) is 13.0. The van der Waals surface area contributed by atoms with Crippen molar-refractivity contribution in [3.63, 3.8) is 0 Å². The van der Waals surface area contributed by atoms with Crippen molar-refractivity contribution in [3.05, 3.63) is 35.9 Å². The Morgan fingerprint density at radius 3 is 2.07 bits per heavy atom. The first-order valence-electron chi connectivity index (χ1n) is 5.24. The van der Waals surface area contributed by atoms with Gasteiger partial charge in [0.25, 0.3) is 0 Å². The van der Waals surface area contributed by atoms with Crippen LogP contribution in [-0.2, 0) is 5.41 Å². The molecule has 0 aliphatic carbocycles. The zero-order valence-corrected chi connectivity index (χ0v) is 8.87. The van der Waals surface area contributed by atoms with Crippen LogP contribution >= 0.6 is 0 Å². The monoisotopic (exact) mass is 192 g/mol. The summed E-state index contributed by atoms with van der Waals surface area (Å²) in [6.45, 7) is 3.42. The summed E-state index contributed by atoms with van der Waals surface area (Å²) in [6.07, 6.45) is 2.17. The van der Waals surface area contributed by atoms with E-state index in [9.17, 15) is 0 Å². The predicted octanol–water partition coefficient (Wildman–Crippen LogP) is 1.64. The lowest BCUT2D eigenvalue weighted by Crippen LogP contribution is -2.42. The van der Waals surface area contributed by atoms with E-state index in [0.29, 0.717) is 13.1 Å². The highest BCUT2D eigenvalue weighted by Crippen LogP contribution is 2.26. The molecule has 0 radical (unpaired) electrons. The molecule has 0 aromatic heterocycles.